The van der Waals surface area contributed by atoms with Gasteiger partial charge in [-0.2, -0.15) is 13.5 Å². The second kappa shape index (κ2) is 6.46. The van der Waals surface area contributed by atoms with E-state index in [4.69, 9.17) is 9.29 Å². The van der Waals surface area contributed by atoms with Gasteiger partial charge in [0.25, 0.3) is 10.1 Å². The number of phenolic OH excluding ortho intramolecular Hbond substituents is 1. The molecule has 0 aliphatic carbocycles. The average molecular weight is 322 g/mol. The number of rotatable bonds is 5. The standard InChI is InChI=1S/C14H14N2O5S/c1-21-14-8-10(2-7-13(14)17)9-15-16-11-3-5-12(6-4-11)22(18,19)20/h2-9,16-17H,1H3,(H,18,19,20)/b15-9-. The number of aromatic hydroxyl groups is 1. The number of hydrogen-bond acceptors (Lipinski definition) is 6. The Kier molecular flexibility index (Phi) is 4.64. The number of ether oxygens (including phenoxy) is 1. The molecule has 0 saturated heterocycles. The van der Waals surface area contributed by atoms with Crippen LogP contribution in [0, 0.1) is 0 Å². The van der Waals surface area contributed by atoms with Crippen molar-refractivity contribution in [2.75, 3.05) is 12.5 Å². The fourth-order valence-electron chi connectivity index (χ4n) is 1.66. The Balaban J connectivity index is 2.06. The van der Waals surface area contributed by atoms with Crippen molar-refractivity contribution in [2.24, 2.45) is 5.10 Å². The number of methoxy groups -OCH3 is 1. The van der Waals surface area contributed by atoms with Crippen molar-refractivity contribution in [1.29, 1.82) is 0 Å². The summed E-state index contributed by atoms with van der Waals surface area (Å²) in [5.74, 6) is 0.370. The van der Waals surface area contributed by atoms with Crippen molar-refractivity contribution < 1.29 is 22.8 Å². The van der Waals surface area contributed by atoms with E-state index in [2.05, 4.69) is 10.5 Å². The van der Waals surface area contributed by atoms with Gasteiger partial charge in [0, 0.05) is 0 Å². The van der Waals surface area contributed by atoms with E-state index in [-0.39, 0.29) is 10.6 Å². The second-order valence-corrected chi connectivity index (χ2v) is 5.72. The Morgan fingerprint density at radius 2 is 1.86 bits per heavy atom. The van der Waals surface area contributed by atoms with E-state index in [1.165, 1.54) is 43.7 Å². The highest BCUT2D eigenvalue weighted by atomic mass is 32.2. The molecule has 0 aliphatic heterocycles. The molecule has 7 nitrogen and oxygen atoms in total. The first-order valence-corrected chi connectivity index (χ1v) is 7.58. The average Bonchev–Trinajstić information content (AvgIpc) is 2.48. The van der Waals surface area contributed by atoms with Gasteiger partial charge >= 0.3 is 0 Å². The van der Waals surface area contributed by atoms with E-state index in [1.54, 1.807) is 12.1 Å². The molecule has 0 amide bonds. The Bertz CT molecular complexity index is 785. The fourth-order valence-corrected chi connectivity index (χ4v) is 2.14. The zero-order chi connectivity index (χ0) is 16.2. The molecule has 0 saturated carbocycles. The Labute approximate surface area is 127 Å². The Morgan fingerprint density at radius 1 is 1.18 bits per heavy atom. The maximum atomic E-state index is 10.9. The number of anilines is 1. The molecule has 2 rings (SSSR count). The summed E-state index contributed by atoms with van der Waals surface area (Å²) in [6.07, 6.45) is 1.51. The monoisotopic (exact) mass is 322 g/mol. The van der Waals surface area contributed by atoms with Gasteiger partial charge in [0.2, 0.25) is 0 Å². The topological polar surface area (TPSA) is 108 Å². The Morgan fingerprint density at radius 3 is 2.45 bits per heavy atom. The molecule has 0 atom stereocenters. The van der Waals surface area contributed by atoms with Gasteiger partial charge in [-0.05, 0) is 48.0 Å². The van der Waals surface area contributed by atoms with Crippen molar-refractivity contribution in [2.45, 2.75) is 4.90 Å². The predicted molar refractivity (Wildman–Crippen MR) is 82.1 cm³/mol. The molecule has 116 valence electrons. The van der Waals surface area contributed by atoms with Gasteiger partial charge in [0.1, 0.15) is 0 Å². The van der Waals surface area contributed by atoms with Gasteiger partial charge in [-0.15, -0.1) is 0 Å². The van der Waals surface area contributed by atoms with Crippen molar-refractivity contribution in [3.63, 3.8) is 0 Å². The maximum Gasteiger partial charge on any atom is 0.294 e. The Hall–Kier alpha value is -2.58. The van der Waals surface area contributed by atoms with Crippen LogP contribution in [-0.2, 0) is 10.1 Å². The zero-order valence-electron chi connectivity index (χ0n) is 11.6. The lowest BCUT2D eigenvalue weighted by molar-refractivity contribution is 0.373. The lowest BCUT2D eigenvalue weighted by Gasteiger charge is -2.04. The molecular formula is C14H14N2O5S. The molecular weight excluding hydrogens is 308 g/mol. The highest BCUT2D eigenvalue weighted by Crippen LogP contribution is 2.25. The molecule has 0 heterocycles. The van der Waals surface area contributed by atoms with Gasteiger partial charge in [-0.1, -0.05) is 0 Å². The van der Waals surface area contributed by atoms with Crippen molar-refractivity contribution >= 4 is 22.0 Å². The first-order chi connectivity index (χ1) is 10.4. The third-order valence-electron chi connectivity index (χ3n) is 2.76. The van der Waals surface area contributed by atoms with Crippen LogP contribution in [0.15, 0.2) is 52.5 Å². The van der Waals surface area contributed by atoms with E-state index in [1.807, 2.05) is 0 Å². The van der Waals surface area contributed by atoms with Gasteiger partial charge < -0.3 is 9.84 Å². The third-order valence-corrected chi connectivity index (χ3v) is 3.63. The lowest BCUT2D eigenvalue weighted by Crippen LogP contribution is -1.98. The zero-order valence-corrected chi connectivity index (χ0v) is 12.4. The number of nitrogens with one attached hydrogen (secondary N) is 1. The van der Waals surface area contributed by atoms with Crippen molar-refractivity contribution in [3.05, 3.63) is 48.0 Å². The molecule has 0 spiro atoms. The highest BCUT2D eigenvalue weighted by Gasteiger charge is 2.07. The van der Waals surface area contributed by atoms with E-state index in [0.717, 1.165) is 0 Å². The third kappa shape index (κ3) is 3.96. The van der Waals surface area contributed by atoms with E-state index >= 15 is 0 Å². The highest BCUT2D eigenvalue weighted by molar-refractivity contribution is 7.85. The SMILES string of the molecule is COc1cc(/C=N\Nc2ccc(S(=O)(=O)O)cc2)ccc1O. The number of nitrogens with zero attached hydrogens (tertiary/aromatic N) is 1. The quantitative estimate of drug-likeness (QED) is 0.442. The minimum absolute atomic E-state index is 0.0356. The fraction of sp³-hybridized carbons (Fsp3) is 0.0714. The molecule has 0 bridgehead atoms. The summed E-state index contributed by atoms with van der Waals surface area (Å²) in [7, 11) is -2.75. The molecule has 0 aliphatic rings. The number of hydrazone groups is 1. The first-order valence-electron chi connectivity index (χ1n) is 6.14. The smallest absolute Gasteiger partial charge is 0.294 e. The lowest BCUT2D eigenvalue weighted by atomic mass is 10.2. The summed E-state index contributed by atoms with van der Waals surface area (Å²) in [6, 6.07) is 10.2. The van der Waals surface area contributed by atoms with Crippen molar-refractivity contribution in [1.82, 2.24) is 0 Å². The molecule has 0 aromatic heterocycles. The first kappa shape index (κ1) is 15.8. The van der Waals surface area contributed by atoms with Gasteiger partial charge in [0.05, 0.1) is 23.9 Å². The van der Waals surface area contributed by atoms with Crippen LogP contribution in [0.5, 0.6) is 11.5 Å². The van der Waals surface area contributed by atoms with E-state index < -0.39 is 10.1 Å². The normalized spacial score (nSPS) is 11.5. The number of hydrogen-bond donors (Lipinski definition) is 3. The summed E-state index contributed by atoms with van der Waals surface area (Å²) in [4.78, 5) is -0.190. The second-order valence-electron chi connectivity index (χ2n) is 4.30. The van der Waals surface area contributed by atoms with Crippen LogP contribution in [0.25, 0.3) is 0 Å². The minimum atomic E-state index is -4.20. The van der Waals surface area contributed by atoms with E-state index in [9.17, 15) is 13.5 Å². The van der Waals surface area contributed by atoms with Crippen LogP contribution in [0.1, 0.15) is 5.56 Å². The summed E-state index contributed by atoms with van der Waals surface area (Å²) in [6.45, 7) is 0. The molecule has 2 aromatic carbocycles. The maximum absolute atomic E-state index is 10.9. The molecule has 2 aromatic rings. The molecule has 8 heteroatoms. The predicted octanol–water partition coefficient (Wildman–Crippen LogP) is 2.09. The number of phenols is 1. The van der Waals surface area contributed by atoms with E-state index in [0.29, 0.717) is 17.0 Å². The van der Waals surface area contributed by atoms with Gasteiger partial charge in [-0.3, -0.25) is 9.98 Å². The summed E-state index contributed by atoms with van der Waals surface area (Å²) in [5.41, 5.74) is 3.97. The largest absolute Gasteiger partial charge is 0.504 e. The molecule has 22 heavy (non-hydrogen) atoms. The summed E-state index contributed by atoms with van der Waals surface area (Å²) < 4.78 is 35.7. The molecule has 0 fully saturated rings. The van der Waals surface area contributed by atoms with Crippen LogP contribution in [-0.4, -0.2) is 31.4 Å². The van der Waals surface area contributed by atoms with Crippen LogP contribution in [0.3, 0.4) is 0 Å². The van der Waals surface area contributed by atoms with Gasteiger partial charge in [-0.25, -0.2) is 0 Å². The minimum Gasteiger partial charge on any atom is -0.504 e. The summed E-state index contributed by atoms with van der Waals surface area (Å²) >= 11 is 0. The van der Waals surface area contributed by atoms with Crippen LogP contribution in [0.2, 0.25) is 0 Å². The summed E-state index contributed by atoms with van der Waals surface area (Å²) in [5, 5.41) is 13.5. The van der Waals surface area contributed by atoms with Crippen molar-refractivity contribution in [3.8, 4) is 11.5 Å². The van der Waals surface area contributed by atoms with Crippen LogP contribution < -0.4 is 10.2 Å². The molecule has 3 N–H and O–H groups in total. The molecule has 0 radical (unpaired) electrons. The van der Waals surface area contributed by atoms with Crippen LogP contribution in [0.4, 0.5) is 5.69 Å². The molecule has 0 unspecified atom stereocenters. The number of benzene rings is 2. The van der Waals surface area contributed by atoms with Gasteiger partial charge in [0.15, 0.2) is 11.5 Å². The van der Waals surface area contributed by atoms with Crippen LogP contribution >= 0.6 is 0 Å².